The highest BCUT2D eigenvalue weighted by Gasteiger charge is 2.24. The molecule has 0 radical (unpaired) electrons. The summed E-state index contributed by atoms with van der Waals surface area (Å²) in [7, 11) is -1.24. The monoisotopic (exact) mass is 473 g/mol. The molecule has 9 heteroatoms. The van der Waals surface area contributed by atoms with E-state index in [-0.39, 0.29) is 31.2 Å². The van der Waals surface area contributed by atoms with Crippen LogP contribution in [0.1, 0.15) is 53.4 Å². The number of amides is 1. The van der Waals surface area contributed by atoms with Gasteiger partial charge in [-0.3, -0.25) is 4.79 Å². The van der Waals surface area contributed by atoms with Crippen molar-refractivity contribution in [1.82, 2.24) is 14.6 Å². The smallest absolute Gasteiger partial charge is 0.255 e. The van der Waals surface area contributed by atoms with Gasteiger partial charge in [-0.15, -0.1) is 0 Å². The van der Waals surface area contributed by atoms with Gasteiger partial charge in [-0.2, -0.15) is 4.31 Å². The van der Waals surface area contributed by atoms with E-state index in [2.05, 4.69) is 17.2 Å². The van der Waals surface area contributed by atoms with E-state index in [0.717, 1.165) is 30.4 Å². The number of pyridine rings is 1. The largest absolute Gasteiger partial charge is 0.437 e. The Kier molecular flexibility index (Phi) is 8.60. The molecule has 2 heterocycles. The molecule has 0 saturated heterocycles. The van der Waals surface area contributed by atoms with Crippen LogP contribution in [0, 0.1) is 6.92 Å². The normalized spacial score (nSPS) is 11.6. The third kappa shape index (κ3) is 5.79. The fraction of sp³-hybridized carbons (Fsp3) is 0.417. The summed E-state index contributed by atoms with van der Waals surface area (Å²) in [5, 5.41) is 12.8. The van der Waals surface area contributed by atoms with Gasteiger partial charge in [0, 0.05) is 25.8 Å². The summed E-state index contributed by atoms with van der Waals surface area (Å²) in [5.41, 5.74) is 3.65. The summed E-state index contributed by atoms with van der Waals surface area (Å²) in [6, 6.07) is 9.41. The second-order valence-electron chi connectivity index (χ2n) is 8.00. The van der Waals surface area contributed by atoms with Crippen LogP contribution in [-0.4, -0.2) is 48.9 Å². The molecule has 0 fully saturated rings. The quantitative estimate of drug-likeness (QED) is 0.291. The number of aromatic nitrogens is 1. The number of furan rings is 1. The molecule has 3 rings (SSSR count). The molecular weight excluding hydrogens is 442 g/mol. The summed E-state index contributed by atoms with van der Waals surface area (Å²) in [5.74, 6) is 0.0938. The van der Waals surface area contributed by atoms with Crippen LogP contribution >= 0.6 is 0 Å². The number of carbonyl (C=O) groups is 1. The van der Waals surface area contributed by atoms with E-state index < -0.39 is 10.9 Å². The standard InChI is InChI=1S/C24H31N3O5S/c1-4-5-6-12-27(33(30)31)15-20-18(11-13-28)14-19-21(23(29)25-3)22(32-24(19)26-20)17-9-7-16(2)8-10-17/h7-10,14,28,33H,4-6,11-13,15H2,1-3H3,(H,25,29). The Balaban J connectivity index is 2.13. The Labute approximate surface area is 195 Å². The number of hydrogen-bond acceptors (Lipinski definition) is 6. The van der Waals surface area contributed by atoms with Crippen molar-refractivity contribution in [2.45, 2.75) is 46.1 Å². The third-order valence-electron chi connectivity index (χ3n) is 5.58. The number of fused-ring (bicyclic) bond motifs is 1. The molecule has 2 aromatic heterocycles. The minimum atomic E-state index is -2.79. The molecule has 0 atom stereocenters. The van der Waals surface area contributed by atoms with Gasteiger partial charge in [-0.1, -0.05) is 49.6 Å². The topological polar surface area (TPSA) is 113 Å². The van der Waals surface area contributed by atoms with Gasteiger partial charge in [0.25, 0.3) is 5.91 Å². The first-order valence-electron chi connectivity index (χ1n) is 11.1. The molecule has 0 saturated carbocycles. The van der Waals surface area contributed by atoms with Crippen molar-refractivity contribution >= 4 is 27.9 Å². The van der Waals surface area contributed by atoms with E-state index in [4.69, 9.17) is 4.42 Å². The highest BCUT2D eigenvalue weighted by molar-refractivity contribution is 7.69. The van der Waals surface area contributed by atoms with Crippen LogP contribution < -0.4 is 5.32 Å². The molecule has 1 aromatic carbocycles. The number of hydrogen-bond donors (Lipinski definition) is 3. The Morgan fingerprint density at radius 2 is 1.94 bits per heavy atom. The van der Waals surface area contributed by atoms with Crippen molar-refractivity contribution in [3.8, 4) is 11.3 Å². The van der Waals surface area contributed by atoms with Gasteiger partial charge in [0.05, 0.1) is 23.2 Å². The number of aliphatic hydroxyl groups is 1. The second kappa shape index (κ2) is 11.4. The van der Waals surface area contributed by atoms with Crippen molar-refractivity contribution in [2.75, 3.05) is 20.2 Å². The lowest BCUT2D eigenvalue weighted by Crippen LogP contribution is -2.24. The van der Waals surface area contributed by atoms with E-state index in [1.807, 2.05) is 31.2 Å². The first kappa shape index (κ1) is 24.9. The second-order valence-corrected chi connectivity index (χ2v) is 9.05. The number of carbonyl (C=O) groups excluding carboxylic acids is 1. The molecule has 0 unspecified atom stereocenters. The summed E-state index contributed by atoms with van der Waals surface area (Å²) >= 11 is 0. The first-order chi connectivity index (χ1) is 15.9. The van der Waals surface area contributed by atoms with Crippen LogP contribution in [-0.2, 0) is 23.9 Å². The summed E-state index contributed by atoms with van der Waals surface area (Å²) in [6.45, 7) is 4.40. The fourth-order valence-corrected chi connectivity index (χ4v) is 4.32. The van der Waals surface area contributed by atoms with Gasteiger partial charge in [0.2, 0.25) is 16.6 Å². The van der Waals surface area contributed by atoms with Crippen LogP contribution in [0.25, 0.3) is 22.4 Å². The van der Waals surface area contributed by atoms with Crippen LogP contribution in [0.15, 0.2) is 34.7 Å². The van der Waals surface area contributed by atoms with Gasteiger partial charge in [-0.05, 0) is 31.4 Å². The Morgan fingerprint density at radius 1 is 1.21 bits per heavy atom. The molecule has 0 aliphatic rings. The van der Waals surface area contributed by atoms with Gasteiger partial charge in [0.1, 0.15) is 5.76 Å². The maximum atomic E-state index is 12.8. The van der Waals surface area contributed by atoms with Gasteiger partial charge in [-0.25, -0.2) is 13.4 Å². The molecular formula is C24H31N3O5S. The molecule has 8 nitrogen and oxygen atoms in total. The lowest BCUT2D eigenvalue weighted by Gasteiger charge is -2.16. The zero-order valence-electron chi connectivity index (χ0n) is 19.3. The zero-order chi connectivity index (χ0) is 24.0. The lowest BCUT2D eigenvalue weighted by atomic mass is 10.0. The number of benzene rings is 1. The summed E-state index contributed by atoms with van der Waals surface area (Å²) in [6.07, 6.45) is 2.97. The van der Waals surface area contributed by atoms with Crippen molar-refractivity contribution in [3.63, 3.8) is 0 Å². The molecule has 2 N–H and O–H groups in total. The van der Waals surface area contributed by atoms with E-state index >= 15 is 0 Å². The van der Waals surface area contributed by atoms with Gasteiger partial charge < -0.3 is 14.8 Å². The van der Waals surface area contributed by atoms with Crippen LogP contribution in [0.5, 0.6) is 0 Å². The zero-order valence-corrected chi connectivity index (χ0v) is 20.2. The first-order valence-corrected chi connectivity index (χ1v) is 12.3. The van der Waals surface area contributed by atoms with Crippen molar-refractivity contribution < 1.29 is 22.7 Å². The molecule has 0 aliphatic carbocycles. The predicted octanol–water partition coefficient (Wildman–Crippen LogP) is 3.22. The highest BCUT2D eigenvalue weighted by Crippen LogP contribution is 2.34. The molecule has 3 aromatic rings. The molecule has 33 heavy (non-hydrogen) atoms. The summed E-state index contributed by atoms with van der Waals surface area (Å²) in [4.78, 5) is 17.4. The van der Waals surface area contributed by atoms with E-state index in [1.54, 1.807) is 13.1 Å². The fourth-order valence-electron chi connectivity index (χ4n) is 3.77. The van der Waals surface area contributed by atoms with Crippen molar-refractivity contribution in [2.24, 2.45) is 0 Å². The van der Waals surface area contributed by atoms with Crippen LogP contribution in [0.3, 0.4) is 0 Å². The SMILES string of the molecule is CCCCCN(Cc1nc2oc(-c3ccc(C)cc3)c(C(=O)NC)c2cc1CCO)[SH](=O)=O. The average molecular weight is 474 g/mol. The van der Waals surface area contributed by atoms with Gasteiger partial charge in [0.15, 0.2) is 0 Å². The summed E-state index contributed by atoms with van der Waals surface area (Å²) < 4.78 is 31.1. The Morgan fingerprint density at radius 3 is 2.55 bits per heavy atom. The minimum Gasteiger partial charge on any atom is -0.437 e. The third-order valence-corrected chi connectivity index (χ3v) is 6.39. The number of rotatable bonds is 11. The Bertz CT molecular complexity index is 1180. The Hall–Kier alpha value is -2.75. The molecule has 0 bridgehead atoms. The molecule has 0 spiro atoms. The molecule has 1 amide bonds. The average Bonchev–Trinajstić information content (AvgIpc) is 3.16. The van der Waals surface area contributed by atoms with E-state index in [9.17, 15) is 18.3 Å². The van der Waals surface area contributed by atoms with E-state index in [0.29, 0.717) is 34.5 Å². The molecule has 178 valence electrons. The molecule has 0 aliphatic heterocycles. The van der Waals surface area contributed by atoms with Crippen LogP contribution in [0.4, 0.5) is 0 Å². The van der Waals surface area contributed by atoms with E-state index in [1.165, 1.54) is 4.31 Å². The number of aryl methyl sites for hydroxylation is 1. The minimum absolute atomic E-state index is 0.0869. The van der Waals surface area contributed by atoms with Gasteiger partial charge >= 0.3 is 0 Å². The maximum absolute atomic E-state index is 12.8. The maximum Gasteiger partial charge on any atom is 0.255 e. The number of unbranched alkanes of at least 4 members (excludes halogenated alkanes) is 2. The van der Waals surface area contributed by atoms with Crippen molar-refractivity contribution in [1.29, 1.82) is 0 Å². The predicted molar refractivity (Wildman–Crippen MR) is 129 cm³/mol. The number of aliphatic hydroxyl groups excluding tert-OH is 1. The number of thiol groups is 1. The lowest BCUT2D eigenvalue weighted by molar-refractivity contribution is 0.0964. The number of nitrogens with zero attached hydrogens (tertiary/aromatic N) is 2. The number of nitrogens with one attached hydrogen (secondary N) is 1. The highest BCUT2D eigenvalue weighted by atomic mass is 32.2. The van der Waals surface area contributed by atoms with Crippen molar-refractivity contribution in [3.05, 3.63) is 52.7 Å². The van der Waals surface area contributed by atoms with Crippen LogP contribution in [0.2, 0.25) is 0 Å².